The number of rotatable bonds is 4. The monoisotopic (exact) mass is 321 g/mol. The molecule has 0 aromatic carbocycles. The molecular formula is C19H23N5. The van der Waals surface area contributed by atoms with Crippen LogP contribution in [0, 0.1) is 5.92 Å². The van der Waals surface area contributed by atoms with Gasteiger partial charge in [0.15, 0.2) is 0 Å². The first kappa shape index (κ1) is 14.2. The van der Waals surface area contributed by atoms with E-state index in [-0.39, 0.29) is 0 Å². The number of nitrogens with two attached hydrogens (primary N) is 1. The molecule has 0 spiro atoms. The zero-order valence-electron chi connectivity index (χ0n) is 14.0. The van der Waals surface area contributed by atoms with Gasteiger partial charge in [-0.25, -0.2) is 0 Å². The molecule has 124 valence electrons. The molecule has 3 aromatic rings. The summed E-state index contributed by atoms with van der Waals surface area (Å²) in [6.45, 7) is 0.797. The van der Waals surface area contributed by atoms with Crippen molar-refractivity contribution in [3.8, 4) is 11.3 Å². The van der Waals surface area contributed by atoms with E-state index in [1.165, 1.54) is 35.0 Å². The highest BCUT2D eigenvalue weighted by Crippen LogP contribution is 2.46. The van der Waals surface area contributed by atoms with Crippen LogP contribution in [-0.4, -0.2) is 25.9 Å². The van der Waals surface area contributed by atoms with Crippen LogP contribution < -0.4 is 5.73 Å². The minimum atomic E-state index is 0.514. The summed E-state index contributed by atoms with van der Waals surface area (Å²) in [5.74, 6) is 1.29. The van der Waals surface area contributed by atoms with Crippen molar-refractivity contribution in [2.75, 3.05) is 6.54 Å². The van der Waals surface area contributed by atoms with E-state index in [0.29, 0.717) is 17.9 Å². The SMILES string of the molecule is Cn1ccc2c(-c3cn(C4CC(CN)C4)nc3C3CC3)nccc21. The molecule has 2 saturated carbocycles. The predicted molar refractivity (Wildman–Crippen MR) is 94.7 cm³/mol. The molecule has 0 bridgehead atoms. The quantitative estimate of drug-likeness (QED) is 0.802. The maximum absolute atomic E-state index is 5.78. The van der Waals surface area contributed by atoms with Crippen molar-refractivity contribution in [3.63, 3.8) is 0 Å². The molecule has 0 saturated heterocycles. The molecule has 3 aromatic heterocycles. The van der Waals surface area contributed by atoms with Gasteiger partial charge >= 0.3 is 0 Å². The van der Waals surface area contributed by atoms with E-state index in [4.69, 9.17) is 15.8 Å². The lowest BCUT2D eigenvalue weighted by Crippen LogP contribution is -2.32. The Labute approximate surface area is 141 Å². The average molecular weight is 321 g/mol. The first-order valence-electron chi connectivity index (χ1n) is 8.94. The van der Waals surface area contributed by atoms with Gasteiger partial charge in [-0.2, -0.15) is 5.10 Å². The molecule has 5 nitrogen and oxygen atoms in total. The van der Waals surface area contributed by atoms with Crippen molar-refractivity contribution in [1.29, 1.82) is 0 Å². The smallest absolute Gasteiger partial charge is 0.0830 e. The number of pyridine rings is 1. The van der Waals surface area contributed by atoms with Gasteiger partial charge in [-0.05, 0) is 50.3 Å². The molecule has 2 aliphatic carbocycles. The first-order chi connectivity index (χ1) is 11.7. The van der Waals surface area contributed by atoms with Crippen LogP contribution in [0.2, 0.25) is 0 Å². The zero-order chi connectivity index (χ0) is 16.3. The largest absolute Gasteiger partial charge is 0.350 e. The van der Waals surface area contributed by atoms with Crippen molar-refractivity contribution < 1.29 is 0 Å². The summed E-state index contributed by atoms with van der Waals surface area (Å²) in [6.07, 6.45) is 11.1. The molecule has 2 fully saturated rings. The van der Waals surface area contributed by atoms with Crippen LogP contribution in [0.4, 0.5) is 0 Å². The van der Waals surface area contributed by atoms with Crippen LogP contribution in [0.3, 0.4) is 0 Å². The van der Waals surface area contributed by atoms with Crippen molar-refractivity contribution in [2.24, 2.45) is 18.7 Å². The fourth-order valence-corrected chi connectivity index (χ4v) is 3.96. The van der Waals surface area contributed by atoms with Crippen molar-refractivity contribution in [3.05, 3.63) is 36.4 Å². The fraction of sp³-hybridized carbons (Fsp3) is 0.474. The number of aryl methyl sites for hydroxylation is 1. The van der Waals surface area contributed by atoms with E-state index in [2.05, 4.69) is 40.8 Å². The molecule has 2 N–H and O–H groups in total. The van der Waals surface area contributed by atoms with Crippen LogP contribution in [-0.2, 0) is 7.05 Å². The second kappa shape index (κ2) is 5.18. The molecule has 0 aliphatic heterocycles. The summed E-state index contributed by atoms with van der Waals surface area (Å²) in [4.78, 5) is 4.72. The lowest BCUT2D eigenvalue weighted by Gasteiger charge is -2.34. The molecule has 0 atom stereocenters. The van der Waals surface area contributed by atoms with Crippen molar-refractivity contribution in [1.82, 2.24) is 19.3 Å². The summed E-state index contributed by atoms with van der Waals surface area (Å²) in [7, 11) is 2.08. The zero-order valence-corrected chi connectivity index (χ0v) is 14.0. The van der Waals surface area contributed by atoms with E-state index in [1.807, 2.05) is 6.20 Å². The summed E-state index contributed by atoms with van der Waals surface area (Å²) < 4.78 is 4.35. The van der Waals surface area contributed by atoms with Gasteiger partial charge in [0, 0.05) is 42.5 Å². The third-order valence-corrected chi connectivity index (χ3v) is 5.71. The molecule has 0 radical (unpaired) electrons. The van der Waals surface area contributed by atoms with Crippen LogP contribution in [0.1, 0.15) is 43.3 Å². The molecule has 0 amide bonds. The number of hydrogen-bond acceptors (Lipinski definition) is 3. The van der Waals surface area contributed by atoms with Crippen LogP contribution >= 0.6 is 0 Å². The maximum Gasteiger partial charge on any atom is 0.0830 e. The van der Waals surface area contributed by atoms with Gasteiger partial charge in [-0.15, -0.1) is 0 Å². The number of nitrogens with zero attached hydrogens (tertiary/aromatic N) is 4. The minimum Gasteiger partial charge on any atom is -0.350 e. The summed E-state index contributed by atoms with van der Waals surface area (Å²) in [5.41, 5.74) is 10.6. The standard InChI is InChI=1S/C19H23N5/c1-23-7-5-15-17(23)4-6-21-19(15)16-11-24(14-8-12(9-14)10-20)22-18(16)13-2-3-13/h4-7,11-14H,2-3,8-10,20H2,1H3. The molecular weight excluding hydrogens is 298 g/mol. The minimum absolute atomic E-state index is 0.514. The normalized spacial score (nSPS) is 23.6. The summed E-state index contributed by atoms with van der Waals surface area (Å²) >= 11 is 0. The highest BCUT2D eigenvalue weighted by molar-refractivity contribution is 5.93. The summed E-state index contributed by atoms with van der Waals surface area (Å²) in [6, 6.07) is 4.76. The van der Waals surface area contributed by atoms with Gasteiger partial charge in [0.25, 0.3) is 0 Å². The Balaban J connectivity index is 1.60. The fourth-order valence-electron chi connectivity index (χ4n) is 3.96. The number of fused-ring (bicyclic) bond motifs is 1. The second-order valence-corrected chi connectivity index (χ2v) is 7.43. The Morgan fingerprint density at radius 1 is 1.25 bits per heavy atom. The van der Waals surface area contributed by atoms with Crippen molar-refractivity contribution >= 4 is 10.9 Å². The average Bonchev–Trinajstić information content (AvgIpc) is 3.20. The highest BCUT2D eigenvalue weighted by atomic mass is 15.3. The van der Waals surface area contributed by atoms with Gasteiger partial charge in [0.1, 0.15) is 0 Å². The Hall–Kier alpha value is -2.14. The predicted octanol–water partition coefficient (Wildman–Crippen LogP) is 3.22. The molecule has 0 unspecified atom stereocenters. The Bertz CT molecular complexity index is 896. The third kappa shape index (κ3) is 2.11. The van der Waals surface area contributed by atoms with E-state index < -0.39 is 0 Å². The first-order valence-corrected chi connectivity index (χ1v) is 8.94. The number of aromatic nitrogens is 4. The molecule has 3 heterocycles. The Kier molecular flexibility index (Phi) is 3.07. The second-order valence-electron chi connectivity index (χ2n) is 7.43. The molecule has 5 rings (SSSR count). The van der Waals surface area contributed by atoms with Crippen LogP contribution in [0.15, 0.2) is 30.7 Å². The molecule has 5 heteroatoms. The van der Waals surface area contributed by atoms with Gasteiger partial charge in [-0.3, -0.25) is 9.67 Å². The Morgan fingerprint density at radius 2 is 2.08 bits per heavy atom. The van der Waals surface area contributed by atoms with Gasteiger partial charge in [0.2, 0.25) is 0 Å². The third-order valence-electron chi connectivity index (χ3n) is 5.71. The van der Waals surface area contributed by atoms with Gasteiger partial charge < -0.3 is 10.3 Å². The molecule has 2 aliphatic rings. The van der Waals surface area contributed by atoms with Crippen LogP contribution in [0.5, 0.6) is 0 Å². The van der Waals surface area contributed by atoms with E-state index in [0.717, 1.165) is 25.1 Å². The molecule has 24 heavy (non-hydrogen) atoms. The van der Waals surface area contributed by atoms with Crippen molar-refractivity contribution in [2.45, 2.75) is 37.6 Å². The van der Waals surface area contributed by atoms with Gasteiger partial charge in [0.05, 0.1) is 22.9 Å². The van der Waals surface area contributed by atoms with Gasteiger partial charge in [-0.1, -0.05) is 0 Å². The van der Waals surface area contributed by atoms with E-state index >= 15 is 0 Å². The van der Waals surface area contributed by atoms with Crippen LogP contribution in [0.25, 0.3) is 22.2 Å². The van der Waals surface area contributed by atoms with E-state index in [9.17, 15) is 0 Å². The number of hydrogen-bond donors (Lipinski definition) is 1. The Morgan fingerprint density at radius 3 is 2.83 bits per heavy atom. The lowest BCUT2D eigenvalue weighted by atomic mass is 9.80. The lowest BCUT2D eigenvalue weighted by molar-refractivity contribution is 0.189. The summed E-state index contributed by atoms with van der Waals surface area (Å²) in [5, 5.41) is 6.20. The maximum atomic E-state index is 5.78. The topological polar surface area (TPSA) is 61.7 Å². The highest BCUT2D eigenvalue weighted by Gasteiger charge is 2.34. The van der Waals surface area contributed by atoms with E-state index in [1.54, 1.807) is 0 Å².